The molecule has 1 rings (SSSR count). The molecule has 0 saturated carbocycles. The maximum absolute atomic E-state index is 11.7. The van der Waals surface area contributed by atoms with Crippen molar-refractivity contribution in [2.75, 3.05) is 6.61 Å². The Morgan fingerprint density at radius 2 is 1.45 bits per heavy atom. The van der Waals surface area contributed by atoms with Crippen LogP contribution in [-0.4, -0.2) is 18.4 Å². The van der Waals surface area contributed by atoms with Gasteiger partial charge in [0.25, 0.3) is 0 Å². The van der Waals surface area contributed by atoms with E-state index < -0.39 is 5.97 Å². The van der Waals surface area contributed by atoms with E-state index in [1.54, 1.807) is 24.3 Å². The largest absolute Gasteiger partial charge is 0.454 e. The number of hydrogen-bond donors (Lipinski definition) is 0. The smallest absolute Gasteiger partial charge is 0.338 e. The van der Waals surface area contributed by atoms with E-state index in [0.29, 0.717) is 12.0 Å². The molecule has 0 fully saturated rings. The normalized spacial score (nSPS) is 10.4. The number of rotatable bonds is 12. The van der Waals surface area contributed by atoms with Crippen LogP contribution >= 0.6 is 0 Å². The van der Waals surface area contributed by atoms with E-state index in [-0.39, 0.29) is 12.4 Å². The van der Waals surface area contributed by atoms with Crippen LogP contribution in [0.2, 0.25) is 0 Å². The van der Waals surface area contributed by atoms with Gasteiger partial charge >= 0.3 is 5.97 Å². The second-order valence-corrected chi connectivity index (χ2v) is 5.71. The van der Waals surface area contributed by atoms with Crippen LogP contribution in [0.25, 0.3) is 0 Å². The number of esters is 1. The number of ketones is 1. The van der Waals surface area contributed by atoms with E-state index in [4.69, 9.17) is 4.74 Å². The summed E-state index contributed by atoms with van der Waals surface area (Å²) in [6, 6.07) is 8.76. The summed E-state index contributed by atoms with van der Waals surface area (Å²) in [4.78, 5) is 23.4. The Kier molecular flexibility index (Phi) is 10.0. The van der Waals surface area contributed by atoms with Gasteiger partial charge in [-0.25, -0.2) is 4.79 Å². The van der Waals surface area contributed by atoms with Crippen molar-refractivity contribution in [2.24, 2.45) is 0 Å². The maximum Gasteiger partial charge on any atom is 0.338 e. The molecule has 0 aliphatic heterocycles. The van der Waals surface area contributed by atoms with E-state index in [1.165, 1.54) is 38.5 Å². The van der Waals surface area contributed by atoms with E-state index in [2.05, 4.69) is 6.92 Å². The van der Waals surface area contributed by atoms with Crippen molar-refractivity contribution in [3.63, 3.8) is 0 Å². The Morgan fingerprint density at radius 3 is 2.09 bits per heavy atom. The first-order valence-electron chi connectivity index (χ1n) is 8.48. The van der Waals surface area contributed by atoms with Crippen molar-refractivity contribution < 1.29 is 14.3 Å². The highest BCUT2D eigenvalue weighted by Gasteiger charge is 2.09. The lowest BCUT2D eigenvalue weighted by Gasteiger charge is -2.04. The first-order valence-corrected chi connectivity index (χ1v) is 8.48. The van der Waals surface area contributed by atoms with Crippen molar-refractivity contribution in [2.45, 2.75) is 64.7 Å². The van der Waals surface area contributed by atoms with Gasteiger partial charge in [0.15, 0.2) is 5.78 Å². The summed E-state index contributed by atoms with van der Waals surface area (Å²) >= 11 is 0. The van der Waals surface area contributed by atoms with Crippen LogP contribution in [-0.2, 0) is 9.53 Å². The summed E-state index contributed by atoms with van der Waals surface area (Å²) in [6.07, 6.45) is 10.2. The lowest BCUT2D eigenvalue weighted by molar-refractivity contribution is -0.122. The van der Waals surface area contributed by atoms with Gasteiger partial charge < -0.3 is 4.74 Å². The van der Waals surface area contributed by atoms with Gasteiger partial charge in [0, 0.05) is 6.42 Å². The van der Waals surface area contributed by atoms with Crippen LogP contribution in [0.3, 0.4) is 0 Å². The zero-order valence-electron chi connectivity index (χ0n) is 13.7. The van der Waals surface area contributed by atoms with Crippen molar-refractivity contribution in [3.05, 3.63) is 35.9 Å². The van der Waals surface area contributed by atoms with Crippen molar-refractivity contribution in [1.82, 2.24) is 0 Å². The molecule has 0 atom stereocenters. The molecule has 1 aromatic rings. The minimum absolute atomic E-state index is 0.00950. The molecule has 122 valence electrons. The summed E-state index contributed by atoms with van der Waals surface area (Å²) in [7, 11) is 0. The zero-order chi connectivity index (χ0) is 16.0. The van der Waals surface area contributed by atoms with Gasteiger partial charge in [0.05, 0.1) is 5.56 Å². The highest BCUT2D eigenvalue weighted by molar-refractivity contribution is 5.91. The molecule has 0 amide bonds. The molecule has 1 aromatic carbocycles. The molecule has 0 spiro atoms. The summed E-state index contributed by atoms with van der Waals surface area (Å²) in [5, 5.41) is 0. The molecule has 0 aliphatic rings. The molecular weight excluding hydrogens is 276 g/mol. The highest BCUT2D eigenvalue weighted by Crippen LogP contribution is 2.10. The number of carbonyl (C=O) groups is 2. The van der Waals surface area contributed by atoms with Crippen LogP contribution < -0.4 is 0 Å². The summed E-state index contributed by atoms with van der Waals surface area (Å²) in [6.45, 7) is 2.11. The Morgan fingerprint density at radius 1 is 0.864 bits per heavy atom. The Balaban J connectivity index is 2.01. The number of carbonyl (C=O) groups excluding carboxylic acids is 2. The predicted molar refractivity (Wildman–Crippen MR) is 89.0 cm³/mol. The topological polar surface area (TPSA) is 43.4 Å². The second kappa shape index (κ2) is 12.0. The quantitative estimate of drug-likeness (QED) is 0.405. The third-order valence-electron chi connectivity index (χ3n) is 3.68. The van der Waals surface area contributed by atoms with Crippen molar-refractivity contribution in [1.29, 1.82) is 0 Å². The van der Waals surface area contributed by atoms with Crippen LogP contribution in [0.4, 0.5) is 0 Å². The Bertz CT molecular complexity index is 426. The molecular formula is C19H28O3. The van der Waals surface area contributed by atoms with Crippen LogP contribution in [0.15, 0.2) is 30.3 Å². The summed E-state index contributed by atoms with van der Waals surface area (Å²) in [5.74, 6) is -0.417. The molecule has 22 heavy (non-hydrogen) atoms. The fourth-order valence-corrected chi connectivity index (χ4v) is 2.33. The minimum Gasteiger partial charge on any atom is -0.454 e. The summed E-state index contributed by atoms with van der Waals surface area (Å²) < 4.78 is 5.02. The summed E-state index contributed by atoms with van der Waals surface area (Å²) in [5.41, 5.74) is 0.488. The zero-order valence-corrected chi connectivity index (χ0v) is 13.7. The van der Waals surface area contributed by atoms with Gasteiger partial charge in [0.2, 0.25) is 0 Å². The molecule has 0 unspecified atom stereocenters. The minimum atomic E-state index is -0.426. The molecule has 0 bridgehead atoms. The van der Waals surface area contributed by atoms with E-state index in [9.17, 15) is 9.59 Å². The number of ether oxygens (including phenoxy) is 1. The number of unbranched alkanes of at least 4 members (excludes halogenated alkanes) is 7. The molecule has 0 aliphatic carbocycles. The lowest BCUT2D eigenvalue weighted by Crippen LogP contribution is -2.13. The van der Waals surface area contributed by atoms with Gasteiger partial charge in [-0.2, -0.15) is 0 Å². The average Bonchev–Trinajstić information content (AvgIpc) is 2.56. The average molecular weight is 304 g/mol. The maximum atomic E-state index is 11.7. The van der Waals surface area contributed by atoms with Crippen LogP contribution in [0.1, 0.15) is 75.1 Å². The molecule has 0 saturated heterocycles. The van der Waals surface area contributed by atoms with Crippen molar-refractivity contribution >= 4 is 11.8 Å². The third kappa shape index (κ3) is 8.60. The Labute approximate surface area is 134 Å². The van der Waals surface area contributed by atoms with Gasteiger partial charge in [-0.05, 0) is 18.6 Å². The highest BCUT2D eigenvalue weighted by atomic mass is 16.5. The number of benzene rings is 1. The molecule has 3 heteroatoms. The third-order valence-corrected chi connectivity index (χ3v) is 3.68. The van der Waals surface area contributed by atoms with Gasteiger partial charge in [-0.1, -0.05) is 70.1 Å². The van der Waals surface area contributed by atoms with Gasteiger partial charge in [-0.3, -0.25) is 4.79 Å². The van der Waals surface area contributed by atoms with E-state index in [1.807, 2.05) is 6.07 Å². The monoisotopic (exact) mass is 304 g/mol. The molecule has 0 N–H and O–H groups in total. The molecule has 3 nitrogen and oxygen atoms in total. The number of hydrogen-bond acceptors (Lipinski definition) is 3. The van der Waals surface area contributed by atoms with Gasteiger partial charge in [-0.15, -0.1) is 0 Å². The SMILES string of the molecule is CCCCCCCCCCC(=O)COC(=O)c1ccccc1. The predicted octanol–water partition coefficient (Wildman–Crippen LogP) is 4.94. The van der Waals surface area contributed by atoms with Gasteiger partial charge in [0.1, 0.15) is 6.61 Å². The fourth-order valence-electron chi connectivity index (χ4n) is 2.33. The first-order chi connectivity index (χ1) is 10.7. The van der Waals surface area contributed by atoms with E-state index in [0.717, 1.165) is 12.8 Å². The molecule has 0 radical (unpaired) electrons. The van der Waals surface area contributed by atoms with Crippen LogP contribution in [0.5, 0.6) is 0 Å². The van der Waals surface area contributed by atoms with Crippen LogP contribution in [0, 0.1) is 0 Å². The standard InChI is InChI=1S/C19H28O3/c1-2-3-4-5-6-7-8-12-15-18(20)16-22-19(21)17-13-10-9-11-14-17/h9-11,13-14H,2-8,12,15-16H2,1H3. The number of Topliss-reactive ketones (excluding diaryl/α,β-unsaturated/α-hetero) is 1. The fraction of sp³-hybridized carbons (Fsp3) is 0.579. The second-order valence-electron chi connectivity index (χ2n) is 5.71. The molecule has 0 aromatic heterocycles. The first kappa shape index (κ1) is 18.4. The molecule has 0 heterocycles. The van der Waals surface area contributed by atoms with E-state index >= 15 is 0 Å². The van der Waals surface area contributed by atoms with Crippen molar-refractivity contribution in [3.8, 4) is 0 Å². The lowest BCUT2D eigenvalue weighted by atomic mass is 10.1. The Hall–Kier alpha value is -1.64.